The molecule has 1 fully saturated rings. The molecule has 148 valence electrons. The Kier molecular flexibility index (Phi) is 6.65. The quantitative estimate of drug-likeness (QED) is 0.530. The predicted octanol–water partition coefficient (Wildman–Crippen LogP) is 3.97. The number of methoxy groups -OCH3 is 1. The van der Waals surface area contributed by atoms with Crippen LogP contribution in [0.25, 0.3) is 0 Å². The summed E-state index contributed by atoms with van der Waals surface area (Å²) in [5.41, 5.74) is 0.871. The van der Waals surface area contributed by atoms with Gasteiger partial charge in [-0.2, -0.15) is 9.57 Å². The number of rotatable bonds is 6. The number of nitrogens with zero attached hydrogens (tertiary/aromatic N) is 3. The third-order valence-electron chi connectivity index (χ3n) is 4.68. The summed E-state index contributed by atoms with van der Waals surface area (Å²) in [6.07, 6.45) is 2.71. The highest BCUT2D eigenvalue weighted by atomic mass is 79.9. The summed E-state index contributed by atoms with van der Waals surface area (Å²) in [7, 11) is -2.41. The van der Waals surface area contributed by atoms with Crippen LogP contribution in [0, 0.1) is 11.5 Å². The van der Waals surface area contributed by atoms with E-state index in [0.29, 0.717) is 29.7 Å². The first-order chi connectivity index (χ1) is 13.3. The van der Waals surface area contributed by atoms with Gasteiger partial charge in [-0.15, -0.1) is 0 Å². The molecule has 1 aliphatic heterocycles. The van der Waals surface area contributed by atoms with Gasteiger partial charge in [-0.25, -0.2) is 8.42 Å². The Morgan fingerprint density at radius 2 is 1.89 bits per heavy atom. The van der Waals surface area contributed by atoms with Gasteiger partial charge >= 0.3 is 0 Å². The van der Waals surface area contributed by atoms with E-state index in [1.165, 1.54) is 11.4 Å². The summed E-state index contributed by atoms with van der Waals surface area (Å²) in [6, 6.07) is 12.2. The topological polar surface area (TPSA) is 73.6 Å². The van der Waals surface area contributed by atoms with Crippen LogP contribution in [-0.4, -0.2) is 43.9 Å². The first kappa shape index (κ1) is 21.1. The van der Waals surface area contributed by atoms with Gasteiger partial charge < -0.3 is 9.64 Å². The highest BCUT2D eigenvalue weighted by Gasteiger charge is 2.37. The lowest BCUT2D eigenvalue weighted by Crippen LogP contribution is -2.41. The maximum absolute atomic E-state index is 13.6. The van der Waals surface area contributed by atoms with E-state index in [1.54, 1.807) is 23.1 Å². The fraction of sp³-hybridized carbons (Fsp3) is 0.316. The lowest BCUT2D eigenvalue weighted by atomic mass is 10.2. The van der Waals surface area contributed by atoms with Crippen molar-refractivity contribution in [2.45, 2.75) is 23.9 Å². The van der Waals surface area contributed by atoms with Crippen molar-refractivity contribution in [1.82, 2.24) is 9.21 Å². The molecular weight excluding hydrogens is 510 g/mol. The van der Waals surface area contributed by atoms with Gasteiger partial charge in [0, 0.05) is 34.6 Å². The highest BCUT2D eigenvalue weighted by Crippen LogP contribution is 2.33. The van der Waals surface area contributed by atoms with Gasteiger partial charge in [-0.3, -0.25) is 0 Å². The third-order valence-corrected chi connectivity index (χ3v) is 7.62. The summed E-state index contributed by atoms with van der Waals surface area (Å²) in [5, 5.41) is 9.20. The van der Waals surface area contributed by atoms with E-state index in [-0.39, 0.29) is 17.5 Å². The van der Waals surface area contributed by atoms with Crippen molar-refractivity contribution in [3.05, 3.63) is 57.0 Å². The van der Waals surface area contributed by atoms with Crippen LogP contribution in [0.15, 0.2) is 56.3 Å². The number of nitriles is 1. The van der Waals surface area contributed by atoms with E-state index in [4.69, 9.17) is 4.74 Å². The molecule has 1 atom stereocenters. The minimum absolute atomic E-state index is 0.108. The lowest BCUT2D eigenvalue weighted by molar-refractivity contribution is 0.312. The van der Waals surface area contributed by atoms with E-state index in [2.05, 4.69) is 38.1 Å². The molecule has 2 aromatic carbocycles. The molecular formula is C19H19Br2N3O3S. The molecule has 3 rings (SSSR count). The first-order valence-corrected chi connectivity index (χ1v) is 11.6. The van der Waals surface area contributed by atoms with Crippen LogP contribution in [0.4, 0.5) is 0 Å². The molecule has 0 N–H and O–H groups in total. The summed E-state index contributed by atoms with van der Waals surface area (Å²) in [5.74, 6) is 0.291. The predicted molar refractivity (Wildman–Crippen MR) is 113 cm³/mol. The molecule has 0 aromatic heterocycles. The zero-order valence-corrected chi connectivity index (χ0v) is 19.2. The molecule has 1 aliphatic rings. The summed E-state index contributed by atoms with van der Waals surface area (Å²) < 4.78 is 35.6. The number of hydrogen-bond acceptors (Lipinski definition) is 5. The fourth-order valence-electron chi connectivity index (χ4n) is 3.23. The van der Waals surface area contributed by atoms with E-state index in [1.807, 2.05) is 24.3 Å². The second-order valence-electron chi connectivity index (χ2n) is 6.46. The fourth-order valence-corrected chi connectivity index (χ4v) is 5.82. The van der Waals surface area contributed by atoms with Crippen LogP contribution < -0.4 is 4.74 Å². The Labute approximate surface area is 182 Å². The molecule has 1 heterocycles. The second-order valence-corrected chi connectivity index (χ2v) is 10.2. The molecule has 2 aromatic rings. The minimum atomic E-state index is -3.86. The number of ether oxygens (including phenoxy) is 1. The van der Waals surface area contributed by atoms with Crippen LogP contribution in [0.5, 0.6) is 5.75 Å². The zero-order valence-electron chi connectivity index (χ0n) is 15.2. The average Bonchev–Trinajstić information content (AvgIpc) is 3.16. The van der Waals surface area contributed by atoms with Crippen molar-refractivity contribution in [3.8, 4) is 11.9 Å². The maximum atomic E-state index is 13.6. The van der Waals surface area contributed by atoms with Gasteiger partial charge in [0.1, 0.15) is 10.6 Å². The van der Waals surface area contributed by atoms with Crippen molar-refractivity contribution in [3.63, 3.8) is 0 Å². The number of likely N-dealkylation sites (tertiary alicyclic amines) is 1. The Morgan fingerprint density at radius 1 is 1.21 bits per heavy atom. The first-order valence-electron chi connectivity index (χ1n) is 8.59. The summed E-state index contributed by atoms with van der Waals surface area (Å²) in [4.78, 5) is 1.70. The molecule has 0 bridgehead atoms. The van der Waals surface area contributed by atoms with Gasteiger partial charge in [0.2, 0.25) is 10.0 Å². The Hall–Kier alpha value is -1.60. The van der Waals surface area contributed by atoms with E-state index in [9.17, 15) is 13.7 Å². The Balaban J connectivity index is 2.03. The largest absolute Gasteiger partial charge is 0.495 e. The van der Waals surface area contributed by atoms with E-state index < -0.39 is 10.0 Å². The van der Waals surface area contributed by atoms with Crippen molar-refractivity contribution in [1.29, 1.82) is 5.26 Å². The smallest absolute Gasteiger partial charge is 0.247 e. The van der Waals surface area contributed by atoms with Crippen molar-refractivity contribution < 1.29 is 13.2 Å². The Morgan fingerprint density at radius 3 is 2.50 bits per heavy atom. The number of halogens is 2. The summed E-state index contributed by atoms with van der Waals surface area (Å²) >= 11 is 6.75. The molecule has 0 radical (unpaired) electrons. The van der Waals surface area contributed by atoms with Crippen molar-refractivity contribution in [2.24, 2.45) is 0 Å². The average molecular weight is 529 g/mol. The molecule has 0 spiro atoms. The highest BCUT2D eigenvalue weighted by molar-refractivity contribution is 9.10. The number of benzene rings is 2. The van der Waals surface area contributed by atoms with Crippen molar-refractivity contribution in [2.75, 3.05) is 20.2 Å². The normalized spacial score (nSPS) is 17.0. The zero-order chi connectivity index (χ0) is 20.3. The van der Waals surface area contributed by atoms with E-state index in [0.717, 1.165) is 10.0 Å². The molecule has 1 saturated heterocycles. The monoisotopic (exact) mass is 527 g/mol. The number of sulfonamides is 1. The van der Waals surface area contributed by atoms with Crippen LogP contribution in [0.3, 0.4) is 0 Å². The molecule has 9 heteroatoms. The standard InChI is InChI=1S/C19H19Br2N3O3S/c1-27-18-7-6-16(21)10-19(18)28(25,26)24(17-8-9-23(12-17)13-22)11-14-2-4-15(20)5-3-14/h2-7,10,17H,8-9,11-12H2,1H3/t17-/m1/s1. The van der Waals surface area contributed by atoms with Gasteiger partial charge in [0.15, 0.2) is 6.19 Å². The van der Waals surface area contributed by atoms with Crippen molar-refractivity contribution >= 4 is 41.9 Å². The molecule has 0 amide bonds. The van der Waals surface area contributed by atoms with Crippen LogP contribution in [0.1, 0.15) is 12.0 Å². The van der Waals surface area contributed by atoms with Crippen LogP contribution in [-0.2, 0) is 16.6 Å². The maximum Gasteiger partial charge on any atom is 0.247 e. The van der Waals surface area contributed by atoms with E-state index >= 15 is 0 Å². The van der Waals surface area contributed by atoms with Gasteiger partial charge in [-0.1, -0.05) is 44.0 Å². The second kappa shape index (κ2) is 8.82. The molecule has 6 nitrogen and oxygen atoms in total. The van der Waals surface area contributed by atoms with Gasteiger partial charge in [-0.05, 0) is 42.3 Å². The molecule has 0 aliphatic carbocycles. The van der Waals surface area contributed by atoms with Gasteiger partial charge in [0.25, 0.3) is 0 Å². The van der Waals surface area contributed by atoms with Crippen LogP contribution >= 0.6 is 31.9 Å². The number of hydrogen-bond donors (Lipinski definition) is 0. The lowest BCUT2D eigenvalue weighted by Gasteiger charge is -2.28. The molecule has 0 saturated carbocycles. The SMILES string of the molecule is COc1ccc(Br)cc1S(=O)(=O)N(Cc1ccc(Br)cc1)[C@@H]1CCN(C#N)C1. The Bertz CT molecular complexity index is 990. The molecule has 28 heavy (non-hydrogen) atoms. The van der Waals surface area contributed by atoms with Crippen LogP contribution in [0.2, 0.25) is 0 Å². The van der Waals surface area contributed by atoms with Gasteiger partial charge in [0.05, 0.1) is 7.11 Å². The minimum Gasteiger partial charge on any atom is -0.495 e. The third kappa shape index (κ3) is 4.51. The molecule has 0 unspecified atom stereocenters. The summed E-state index contributed by atoms with van der Waals surface area (Å²) in [6.45, 7) is 1.14.